The summed E-state index contributed by atoms with van der Waals surface area (Å²) in [6, 6.07) is 0. The molecule has 0 saturated heterocycles. The molecular formula is C15H26O2. The van der Waals surface area contributed by atoms with Gasteiger partial charge in [-0.1, -0.05) is 33.4 Å². The Hall–Kier alpha value is -0.600. The minimum Gasteiger partial charge on any atom is -0.386 e. The van der Waals surface area contributed by atoms with Crippen LogP contribution in [0.15, 0.2) is 24.3 Å². The SMILES string of the molecule is C=C1CCCC(C)(C)C1(O)/C=C/C(C)(O)CC. The van der Waals surface area contributed by atoms with E-state index in [0.717, 1.165) is 24.8 Å². The summed E-state index contributed by atoms with van der Waals surface area (Å²) >= 11 is 0. The summed E-state index contributed by atoms with van der Waals surface area (Å²) in [4.78, 5) is 0. The molecule has 98 valence electrons. The Kier molecular flexibility index (Phi) is 3.90. The summed E-state index contributed by atoms with van der Waals surface area (Å²) in [6.45, 7) is 11.8. The largest absolute Gasteiger partial charge is 0.386 e. The normalized spacial score (nSPS) is 32.7. The van der Waals surface area contributed by atoms with Gasteiger partial charge in [0.1, 0.15) is 5.60 Å². The fourth-order valence-corrected chi connectivity index (χ4v) is 2.36. The summed E-state index contributed by atoms with van der Waals surface area (Å²) in [7, 11) is 0. The predicted molar refractivity (Wildman–Crippen MR) is 71.8 cm³/mol. The van der Waals surface area contributed by atoms with Crippen molar-refractivity contribution < 1.29 is 10.2 Å². The summed E-state index contributed by atoms with van der Waals surface area (Å²) in [5.41, 5.74) is -1.21. The molecule has 0 radical (unpaired) electrons. The maximum absolute atomic E-state index is 10.8. The van der Waals surface area contributed by atoms with Gasteiger partial charge in [0.25, 0.3) is 0 Å². The highest BCUT2D eigenvalue weighted by Crippen LogP contribution is 2.47. The maximum atomic E-state index is 10.8. The van der Waals surface area contributed by atoms with Crippen LogP contribution in [0.5, 0.6) is 0 Å². The van der Waals surface area contributed by atoms with Crippen molar-refractivity contribution in [2.75, 3.05) is 0 Å². The zero-order valence-corrected chi connectivity index (χ0v) is 11.6. The van der Waals surface area contributed by atoms with Gasteiger partial charge in [-0.2, -0.15) is 0 Å². The lowest BCUT2D eigenvalue weighted by Crippen LogP contribution is -2.47. The Morgan fingerprint density at radius 3 is 2.53 bits per heavy atom. The van der Waals surface area contributed by atoms with E-state index in [4.69, 9.17) is 0 Å². The van der Waals surface area contributed by atoms with E-state index in [2.05, 4.69) is 20.4 Å². The fraction of sp³-hybridized carbons (Fsp3) is 0.733. The molecule has 0 bridgehead atoms. The van der Waals surface area contributed by atoms with E-state index < -0.39 is 11.2 Å². The molecule has 2 unspecified atom stereocenters. The quantitative estimate of drug-likeness (QED) is 0.741. The van der Waals surface area contributed by atoms with Gasteiger partial charge in [-0.25, -0.2) is 0 Å². The molecule has 0 amide bonds. The Morgan fingerprint density at radius 2 is 2.06 bits per heavy atom. The summed E-state index contributed by atoms with van der Waals surface area (Å²) < 4.78 is 0. The van der Waals surface area contributed by atoms with Gasteiger partial charge < -0.3 is 10.2 Å². The van der Waals surface area contributed by atoms with Crippen LogP contribution in [0.3, 0.4) is 0 Å². The van der Waals surface area contributed by atoms with E-state index in [0.29, 0.717) is 6.42 Å². The van der Waals surface area contributed by atoms with Gasteiger partial charge in [0, 0.05) is 5.41 Å². The lowest BCUT2D eigenvalue weighted by molar-refractivity contribution is -0.0167. The van der Waals surface area contributed by atoms with Crippen molar-refractivity contribution in [2.24, 2.45) is 5.41 Å². The second-order valence-corrected chi connectivity index (χ2v) is 6.15. The monoisotopic (exact) mass is 238 g/mol. The van der Waals surface area contributed by atoms with Gasteiger partial charge in [0.05, 0.1) is 5.60 Å². The molecule has 2 N–H and O–H groups in total. The van der Waals surface area contributed by atoms with Crippen molar-refractivity contribution in [1.82, 2.24) is 0 Å². The molecule has 0 aromatic rings. The minimum absolute atomic E-state index is 0.220. The van der Waals surface area contributed by atoms with Gasteiger partial charge >= 0.3 is 0 Å². The third-order valence-corrected chi connectivity index (χ3v) is 4.25. The summed E-state index contributed by atoms with van der Waals surface area (Å²) in [5.74, 6) is 0. The van der Waals surface area contributed by atoms with Gasteiger partial charge in [-0.3, -0.25) is 0 Å². The highest BCUT2D eigenvalue weighted by atomic mass is 16.3. The molecule has 17 heavy (non-hydrogen) atoms. The Balaban J connectivity index is 3.02. The maximum Gasteiger partial charge on any atom is 0.109 e. The van der Waals surface area contributed by atoms with Crippen LogP contribution >= 0.6 is 0 Å². The molecular weight excluding hydrogens is 212 g/mol. The Morgan fingerprint density at radius 1 is 1.47 bits per heavy atom. The molecule has 0 aliphatic heterocycles. The van der Waals surface area contributed by atoms with Gasteiger partial charge in [0.2, 0.25) is 0 Å². The molecule has 1 aliphatic rings. The van der Waals surface area contributed by atoms with Crippen LogP contribution in [-0.4, -0.2) is 21.4 Å². The fourth-order valence-electron chi connectivity index (χ4n) is 2.36. The molecule has 1 saturated carbocycles. The standard InChI is InChI=1S/C15H26O2/c1-6-14(5,16)10-11-15(17)12(2)8-7-9-13(15,3)4/h10-11,16-17H,2,6-9H2,1,3-5H3/b11-10+. The third kappa shape index (κ3) is 2.80. The average molecular weight is 238 g/mol. The molecule has 0 aromatic carbocycles. The van der Waals surface area contributed by atoms with Gasteiger partial charge in [-0.05, 0) is 44.3 Å². The molecule has 2 nitrogen and oxygen atoms in total. The highest BCUT2D eigenvalue weighted by molar-refractivity contribution is 5.30. The van der Waals surface area contributed by atoms with Gasteiger partial charge in [0.15, 0.2) is 0 Å². The molecule has 2 heteroatoms. The molecule has 0 heterocycles. The summed E-state index contributed by atoms with van der Waals surface area (Å²) in [6.07, 6.45) is 7.00. The smallest absolute Gasteiger partial charge is 0.109 e. The van der Waals surface area contributed by atoms with E-state index >= 15 is 0 Å². The van der Waals surface area contributed by atoms with Crippen molar-refractivity contribution in [1.29, 1.82) is 0 Å². The first kappa shape index (κ1) is 14.5. The van der Waals surface area contributed by atoms with Crippen molar-refractivity contribution in [3.05, 3.63) is 24.3 Å². The Bertz CT molecular complexity index is 326. The van der Waals surface area contributed by atoms with Crippen molar-refractivity contribution >= 4 is 0 Å². The summed E-state index contributed by atoms with van der Waals surface area (Å²) in [5, 5.41) is 20.8. The van der Waals surface area contributed by atoms with Crippen molar-refractivity contribution in [3.63, 3.8) is 0 Å². The van der Waals surface area contributed by atoms with E-state index in [1.807, 2.05) is 6.92 Å². The van der Waals surface area contributed by atoms with E-state index in [1.165, 1.54) is 0 Å². The third-order valence-electron chi connectivity index (χ3n) is 4.25. The number of hydrogen-bond donors (Lipinski definition) is 2. The Labute approximate surface area is 105 Å². The molecule has 1 rings (SSSR count). The van der Waals surface area contributed by atoms with Crippen LogP contribution < -0.4 is 0 Å². The van der Waals surface area contributed by atoms with Crippen LogP contribution in [-0.2, 0) is 0 Å². The van der Waals surface area contributed by atoms with E-state index in [1.54, 1.807) is 19.1 Å². The first-order valence-electron chi connectivity index (χ1n) is 6.48. The number of hydrogen-bond acceptors (Lipinski definition) is 2. The molecule has 2 atom stereocenters. The lowest BCUT2D eigenvalue weighted by atomic mass is 9.63. The minimum atomic E-state index is -0.996. The lowest BCUT2D eigenvalue weighted by Gasteiger charge is -2.46. The van der Waals surface area contributed by atoms with Crippen LogP contribution in [0.25, 0.3) is 0 Å². The van der Waals surface area contributed by atoms with Crippen LogP contribution in [0, 0.1) is 5.41 Å². The van der Waals surface area contributed by atoms with Crippen molar-refractivity contribution in [3.8, 4) is 0 Å². The zero-order valence-electron chi connectivity index (χ0n) is 11.6. The van der Waals surface area contributed by atoms with Crippen LogP contribution in [0.2, 0.25) is 0 Å². The second-order valence-electron chi connectivity index (χ2n) is 6.15. The molecule has 0 spiro atoms. The predicted octanol–water partition coefficient (Wildman–Crippen LogP) is 3.20. The molecule has 0 aromatic heterocycles. The van der Waals surface area contributed by atoms with Crippen LogP contribution in [0.1, 0.15) is 53.4 Å². The average Bonchev–Trinajstić information content (AvgIpc) is 2.23. The number of rotatable bonds is 3. The highest BCUT2D eigenvalue weighted by Gasteiger charge is 2.45. The second kappa shape index (κ2) is 4.58. The van der Waals surface area contributed by atoms with Gasteiger partial charge in [-0.15, -0.1) is 0 Å². The first-order valence-corrected chi connectivity index (χ1v) is 6.48. The zero-order chi connectivity index (χ0) is 13.3. The van der Waals surface area contributed by atoms with E-state index in [-0.39, 0.29) is 5.41 Å². The van der Waals surface area contributed by atoms with Crippen LogP contribution in [0.4, 0.5) is 0 Å². The first-order chi connectivity index (χ1) is 7.65. The molecule has 1 fully saturated rings. The van der Waals surface area contributed by atoms with E-state index in [9.17, 15) is 10.2 Å². The topological polar surface area (TPSA) is 40.5 Å². The van der Waals surface area contributed by atoms with Crippen molar-refractivity contribution in [2.45, 2.75) is 64.6 Å². The molecule has 1 aliphatic carbocycles. The number of aliphatic hydroxyl groups is 2.